The molecule has 1 aliphatic rings. The summed E-state index contributed by atoms with van der Waals surface area (Å²) >= 11 is 6.11. The summed E-state index contributed by atoms with van der Waals surface area (Å²) in [6, 6.07) is 5.78. The molecule has 0 amide bonds. The van der Waals surface area contributed by atoms with Crippen LogP contribution in [0.3, 0.4) is 0 Å². The van der Waals surface area contributed by atoms with Crippen LogP contribution in [0.15, 0.2) is 18.2 Å². The summed E-state index contributed by atoms with van der Waals surface area (Å²) in [6.07, 6.45) is 2.57. The second-order valence-electron chi connectivity index (χ2n) is 4.55. The topological polar surface area (TPSA) is 32.3 Å². The number of benzene rings is 1. The molecule has 1 aliphatic heterocycles. The van der Waals surface area contributed by atoms with Gasteiger partial charge in [-0.1, -0.05) is 23.7 Å². The smallest absolute Gasteiger partial charge is 0.0912 e. The Morgan fingerprint density at radius 1 is 1.31 bits per heavy atom. The first-order valence-electron chi connectivity index (χ1n) is 5.82. The molecule has 0 aromatic heterocycles. The average Bonchev–Trinajstić information content (AvgIpc) is 2.48. The molecule has 0 saturated carbocycles. The highest BCUT2D eigenvalue weighted by Crippen LogP contribution is 2.35. The lowest BCUT2D eigenvalue weighted by Crippen LogP contribution is -2.28. The lowest BCUT2D eigenvalue weighted by atomic mass is 9.84. The van der Waals surface area contributed by atoms with Crippen molar-refractivity contribution in [1.29, 1.82) is 0 Å². The molecule has 1 heterocycles. The van der Waals surface area contributed by atoms with Gasteiger partial charge >= 0.3 is 0 Å². The summed E-state index contributed by atoms with van der Waals surface area (Å²) in [5.41, 5.74) is 1.29. The van der Waals surface area contributed by atoms with Gasteiger partial charge in [0.25, 0.3) is 0 Å². The average molecular weight is 240 g/mol. The highest BCUT2D eigenvalue weighted by Gasteiger charge is 2.31. The Kier molecular flexibility index (Phi) is 3.53. The van der Waals surface area contributed by atoms with Crippen LogP contribution < -0.4 is 5.32 Å². The monoisotopic (exact) mass is 239 g/mol. The SMILES string of the molecule is Cc1c(Cl)cccc1C1(O)CCCNCC1. The first-order valence-corrected chi connectivity index (χ1v) is 6.20. The first-order chi connectivity index (χ1) is 7.63. The lowest BCUT2D eigenvalue weighted by molar-refractivity contribution is 0.0234. The van der Waals surface area contributed by atoms with Crippen molar-refractivity contribution in [2.24, 2.45) is 0 Å². The number of hydrogen-bond acceptors (Lipinski definition) is 2. The van der Waals surface area contributed by atoms with Gasteiger partial charge in [-0.15, -0.1) is 0 Å². The second kappa shape index (κ2) is 4.74. The fraction of sp³-hybridized carbons (Fsp3) is 0.538. The van der Waals surface area contributed by atoms with E-state index in [0.29, 0.717) is 0 Å². The van der Waals surface area contributed by atoms with Crippen LogP contribution in [-0.4, -0.2) is 18.2 Å². The molecule has 0 aliphatic carbocycles. The van der Waals surface area contributed by atoms with Crippen LogP contribution in [0, 0.1) is 6.92 Å². The van der Waals surface area contributed by atoms with Crippen molar-refractivity contribution in [2.75, 3.05) is 13.1 Å². The highest BCUT2D eigenvalue weighted by atomic mass is 35.5. The number of halogens is 1. The summed E-state index contributed by atoms with van der Waals surface area (Å²) in [4.78, 5) is 0. The highest BCUT2D eigenvalue weighted by molar-refractivity contribution is 6.31. The summed E-state index contributed by atoms with van der Waals surface area (Å²) in [5, 5.41) is 14.8. The number of nitrogens with one attached hydrogen (secondary N) is 1. The van der Waals surface area contributed by atoms with Crippen LogP contribution in [0.2, 0.25) is 5.02 Å². The molecule has 1 unspecified atom stereocenters. The van der Waals surface area contributed by atoms with E-state index in [1.165, 1.54) is 0 Å². The molecule has 2 rings (SSSR count). The van der Waals surface area contributed by atoms with Crippen LogP contribution >= 0.6 is 11.6 Å². The van der Waals surface area contributed by atoms with Crippen molar-refractivity contribution in [3.8, 4) is 0 Å². The fourth-order valence-corrected chi connectivity index (χ4v) is 2.61. The molecule has 1 atom stereocenters. The van der Waals surface area contributed by atoms with Gasteiger partial charge in [-0.2, -0.15) is 0 Å². The Morgan fingerprint density at radius 2 is 2.12 bits per heavy atom. The minimum absolute atomic E-state index is 0.710. The third-order valence-corrected chi connectivity index (χ3v) is 3.84. The summed E-state index contributed by atoms with van der Waals surface area (Å²) in [7, 11) is 0. The first kappa shape index (κ1) is 11.9. The van der Waals surface area contributed by atoms with Crippen molar-refractivity contribution in [2.45, 2.75) is 31.8 Å². The summed E-state index contributed by atoms with van der Waals surface area (Å²) in [5.74, 6) is 0. The standard InChI is InChI=1S/C13H18ClNO/c1-10-11(4-2-5-12(10)14)13(16)6-3-8-15-9-7-13/h2,4-5,15-16H,3,6-9H2,1H3. The van der Waals surface area contributed by atoms with Crippen molar-refractivity contribution >= 4 is 11.6 Å². The molecule has 1 fully saturated rings. The van der Waals surface area contributed by atoms with Gasteiger partial charge in [0.2, 0.25) is 0 Å². The van der Waals surface area contributed by atoms with Crippen molar-refractivity contribution < 1.29 is 5.11 Å². The van der Waals surface area contributed by atoms with E-state index < -0.39 is 5.60 Å². The molecule has 0 spiro atoms. The lowest BCUT2D eigenvalue weighted by Gasteiger charge is -2.28. The van der Waals surface area contributed by atoms with Crippen LogP contribution in [0.4, 0.5) is 0 Å². The molecule has 1 saturated heterocycles. The Bertz CT molecular complexity index is 370. The predicted molar refractivity (Wildman–Crippen MR) is 66.8 cm³/mol. The molecule has 0 radical (unpaired) electrons. The molecular formula is C13H18ClNO. The van der Waals surface area contributed by atoms with Crippen LogP contribution in [0.1, 0.15) is 30.4 Å². The fourth-order valence-electron chi connectivity index (χ4n) is 2.43. The molecule has 2 N–H and O–H groups in total. The van der Waals surface area contributed by atoms with Crippen LogP contribution in [0.25, 0.3) is 0 Å². The van der Waals surface area contributed by atoms with Gasteiger partial charge in [0.05, 0.1) is 5.60 Å². The maximum Gasteiger partial charge on any atom is 0.0912 e. The maximum absolute atomic E-state index is 10.7. The third-order valence-electron chi connectivity index (χ3n) is 3.43. The Labute approximate surface area is 102 Å². The van der Waals surface area contributed by atoms with E-state index in [1.807, 2.05) is 25.1 Å². The quantitative estimate of drug-likeness (QED) is 0.790. The van der Waals surface area contributed by atoms with Crippen molar-refractivity contribution in [1.82, 2.24) is 5.32 Å². The van der Waals surface area contributed by atoms with E-state index in [0.717, 1.165) is 48.5 Å². The van der Waals surface area contributed by atoms with Crippen LogP contribution in [-0.2, 0) is 5.60 Å². The minimum atomic E-state index is -0.710. The summed E-state index contributed by atoms with van der Waals surface area (Å²) in [6.45, 7) is 3.83. The molecule has 2 nitrogen and oxygen atoms in total. The molecule has 16 heavy (non-hydrogen) atoms. The van der Waals surface area contributed by atoms with Gasteiger partial charge in [-0.3, -0.25) is 0 Å². The maximum atomic E-state index is 10.7. The van der Waals surface area contributed by atoms with Gasteiger partial charge in [0.1, 0.15) is 0 Å². The number of aliphatic hydroxyl groups is 1. The van der Waals surface area contributed by atoms with E-state index in [-0.39, 0.29) is 0 Å². The molecule has 0 bridgehead atoms. The zero-order valence-electron chi connectivity index (χ0n) is 9.59. The van der Waals surface area contributed by atoms with Crippen molar-refractivity contribution in [3.05, 3.63) is 34.3 Å². The minimum Gasteiger partial charge on any atom is -0.385 e. The van der Waals surface area contributed by atoms with Crippen LogP contribution in [0.5, 0.6) is 0 Å². The largest absolute Gasteiger partial charge is 0.385 e. The molecular weight excluding hydrogens is 222 g/mol. The molecule has 88 valence electrons. The van der Waals surface area contributed by atoms with Crippen molar-refractivity contribution in [3.63, 3.8) is 0 Å². The number of rotatable bonds is 1. The van der Waals surface area contributed by atoms with E-state index in [2.05, 4.69) is 5.32 Å². The van der Waals surface area contributed by atoms with E-state index >= 15 is 0 Å². The van der Waals surface area contributed by atoms with Gasteiger partial charge in [0.15, 0.2) is 0 Å². The van der Waals surface area contributed by atoms with Gasteiger partial charge in [0, 0.05) is 5.02 Å². The van der Waals surface area contributed by atoms with E-state index in [4.69, 9.17) is 11.6 Å². The van der Waals surface area contributed by atoms with Gasteiger partial charge in [-0.25, -0.2) is 0 Å². The van der Waals surface area contributed by atoms with Gasteiger partial charge < -0.3 is 10.4 Å². The Balaban J connectivity index is 2.37. The summed E-state index contributed by atoms with van der Waals surface area (Å²) < 4.78 is 0. The van der Waals surface area contributed by atoms with E-state index in [1.54, 1.807) is 0 Å². The molecule has 3 heteroatoms. The Hall–Kier alpha value is -0.570. The normalized spacial score (nSPS) is 26.4. The van der Waals surface area contributed by atoms with Gasteiger partial charge in [-0.05, 0) is 56.5 Å². The zero-order valence-corrected chi connectivity index (χ0v) is 10.3. The Morgan fingerprint density at radius 3 is 2.94 bits per heavy atom. The molecule has 1 aromatic rings. The second-order valence-corrected chi connectivity index (χ2v) is 4.95. The van der Waals surface area contributed by atoms with E-state index in [9.17, 15) is 5.11 Å². The molecule has 1 aromatic carbocycles. The predicted octanol–water partition coefficient (Wildman–Crippen LogP) is 2.61. The zero-order chi connectivity index (χ0) is 11.6. The third kappa shape index (κ3) is 2.24. The number of hydrogen-bond donors (Lipinski definition) is 2.